The number of amides is 3. The Morgan fingerprint density at radius 3 is 2.33 bits per heavy atom. The molecule has 3 saturated heterocycles. The lowest BCUT2D eigenvalue weighted by Crippen LogP contribution is -2.53. The van der Waals surface area contributed by atoms with Gasteiger partial charge in [-0.3, -0.25) is 24.6 Å². The van der Waals surface area contributed by atoms with Crippen LogP contribution in [0.1, 0.15) is 60.7 Å². The average Bonchev–Trinajstić information content (AvgIpc) is 3.25. The third-order valence-electron chi connectivity index (χ3n) is 9.07. The summed E-state index contributed by atoms with van der Waals surface area (Å²) in [6, 6.07) is 4.29. The minimum Gasteiger partial charge on any atom is -0.382 e. The van der Waals surface area contributed by atoms with Gasteiger partial charge in [-0.2, -0.15) is 0 Å². The quantitative estimate of drug-likeness (QED) is 0.183. The highest BCUT2D eigenvalue weighted by atomic mass is 16.5. The minimum atomic E-state index is -1.24. The number of rotatable bonds is 14. The molecule has 1 aromatic carbocycles. The number of carbonyl (C=O) groups is 3. The molecule has 3 amide bonds. The van der Waals surface area contributed by atoms with E-state index in [1.54, 1.807) is 18.2 Å². The Morgan fingerprint density at radius 2 is 1.62 bits per heavy atom. The van der Waals surface area contributed by atoms with Crippen molar-refractivity contribution in [3.8, 4) is 0 Å². The van der Waals surface area contributed by atoms with Crippen LogP contribution in [-0.4, -0.2) is 118 Å². The standard InChI is InChI=1S/C30H45N5O7/c36-25-5-4-24(27(37)33-25)35-28(38)22-2-1-3-23(26(22)29(35)39)32-12-16-40-18-20-42-21-19-41-17-15-34-13-8-30(9-14-34)6-10-31-11-7-30/h1-3,24,28,31-32,38H,4-21H2,(H,33,36,37). The van der Waals surface area contributed by atoms with E-state index in [2.05, 4.69) is 20.9 Å². The molecule has 2 unspecified atom stereocenters. The molecule has 4 heterocycles. The second kappa shape index (κ2) is 14.7. The lowest BCUT2D eigenvalue weighted by atomic mass is 9.71. The fourth-order valence-corrected chi connectivity index (χ4v) is 6.52. The number of hydrogen-bond acceptors (Lipinski definition) is 10. The zero-order valence-corrected chi connectivity index (χ0v) is 24.4. The van der Waals surface area contributed by atoms with Gasteiger partial charge >= 0.3 is 0 Å². The van der Waals surface area contributed by atoms with Crippen LogP contribution in [0.2, 0.25) is 0 Å². The highest BCUT2D eigenvalue weighted by Crippen LogP contribution is 2.40. The maximum Gasteiger partial charge on any atom is 0.259 e. The van der Waals surface area contributed by atoms with Gasteiger partial charge in [0.15, 0.2) is 6.23 Å². The molecular weight excluding hydrogens is 542 g/mol. The van der Waals surface area contributed by atoms with E-state index in [9.17, 15) is 19.5 Å². The van der Waals surface area contributed by atoms with Gasteiger partial charge < -0.3 is 34.9 Å². The van der Waals surface area contributed by atoms with Crippen LogP contribution in [-0.2, 0) is 23.8 Å². The molecule has 1 aromatic rings. The van der Waals surface area contributed by atoms with E-state index in [0.29, 0.717) is 61.8 Å². The maximum absolute atomic E-state index is 13.2. The number of nitrogens with one attached hydrogen (secondary N) is 3. The van der Waals surface area contributed by atoms with E-state index in [1.807, 2.05) is 0 Å². The number of fused-ring (bicyclic) bond motifs is 1. The van der Waals surface area contributed by atoms with Crippen LogP contribution in [0.3, 0.4) is 0 Å². The highest BCUT2D eigenvalue weighted by Gasteiger charge is 2.45. The van der Waals surface area contributed by atoms with Gasteiger partial charge in [0, 0.05) is 30.8 Å². The Hall–Kier alpha value is -2.61. The van der Waals surface area contributed by atoms with Crippen molar-refractivity contribution >= 4 is 23.4 Å². The first-order chi connectivity index (χ1) is 20.5. The number of nitrogens with zero attached hydrogens (tertiary/aromatic N) is 2. The van der Waals surface area contributed by atoms with Gasteiger partial charge in [-0.25, -0.2) is 0 Å². The van der Waals surface area contributed by atoms with Gasteiger partial charge in [0.1, 0.15) is 6.04 Å². The number of piperidine rings is 3. The number of imide groups is 1. The molecule has 12 nitrogen and oxygen atoms in total. The number of benzene rings is 1. The van der Waals surface area contributed by atoms with E-state index in [1.165, 1.54) is 51.9 Å². The summed E-state index contributed by atoms with van der Waals surface area (Å²) in [6.07, 6.45) is 4.33. The summed E-state index contributed by atoms with van der Waals surface area (Å²) >= 11 is 0. The summed E-state index contributed by atoms with van der Waals surface area (Å²) in [6.45, 7) is 9.28. The molecule has 0 aromatic heterocycles. The fraction of sp³-hybridized carbons (Fsp3) is 0.700. The predicted molar refractivity (Wildman–Crippen MR) is 155 cm³/mol. The molecule has 0 bridgehead atoms. The summed E-state index contributed by atoms with van der Waals surface area (Å²) in [5, 5.41) is 19.7. The van der Waals surface area contributed by atoms with E-state index < -0.39 is 24.1 Å². The number of hydrogen-bond donors (Lipinski definition) is 4. The van der Waals surface area contributed by atoms with Crippen LogP contribution >= 0.6 is 0 Å². The molecule has 4 N–H and O–H groups in total. The molecule has 0 aliphatic carbocycles. The van der Waals surface area contributed by atoms with E-state index in [4.69, 9.17) is 14.2 Å². The van der Waals surface area contributed by atoms with Crippen molar-refractivity contribution in [2.75, 3.05) is 84.2 Å². The first-order valence-electron chi connectivity index (χ1n) is 15.3. The van der Waals surface area contributed by atoms with Crippen molar-refractivity contribution in [1.82, 2.24) is 20.4 Å². The fourth-order valence-electron chi connectivity index (χ4n) is 6.52. The van der Waals surface area contributed by atoms with E-state index in [-0.39, 0.29) is 18.7 Å². The molecule has 4 aliphatic rings. The Morgan fingerprint density at radius 1 is 0.929 bits per heavy atom. The van der Waals surface area contributed by atoms with Crippen LogP contribution in [0.15, 0.2) is 18.2 Å². The molecule has 0 saturated carbocycles. The van der Waals surface area contributed by atoms with Crippen LogP contribution < -0.4 is 16.0 Å². The van der Waals surface area contributed by atoms with Crippen molar-refractivity contribution < 1.29 is 33.7 Å². The molecule has 12 heteroatoms. The largest absolute Gasteiger partial charge is 0.382 e. The number of aliphatic hydroxyl groups excluding tert-OH is 1. The van der Waals surface area contributed by atoms with Gasteiger partial charge in [-0.1, -0.05) is 12.1 Å². The Bertz CT molecular complexity index is 1090. The maximum atomic E-state index is 13.2. The summed E-state index contributed by atoms with van der Waals surface area (Å²) in [5.74, 6) is -1.37. The Labute approximate surface area is 247 Å². The summed E-state index contributed by atoms with van der Waals surface area (Å²) in [7, 11) is 0. The summed E-state index contributed by atoms with van der Waals surface area (Å²) in [4.78, 5) is 40.7. The van der Waals surface area contributed by atoms with Gasteiger partial charge in [0.05, 0.1) is 45.2 Å². The molecular formula is C30H45N5O7. The molecule has 1 spiro atoms. The third kappa shape index (κ3) is 7.47. The number of likely N-dealkylation sites (tertiary alicyclic amines) is 1. The first kappa shape index (κ1) is 30.8. The number of aliphatic hydroxyl groups is 1. The Kier molecular flexibility index (Phi) is 10.8. The van der Waals surface area contributed by atoms with Crippen LogP contribution in [0, 0.1) is 5.41 Å². The molecule has 3 fully saturated rings. The van der Waals surface area contributed by atoms with Gasteiger partial charge in [0.25, 0.3) is 5.91 Å². The third-order valence-corrected chi connectivity index (χ3v) is 9.07. The van der Waals surface area contributed by atoms with Crippen LogP contribution in [0.4, 0.5) is 5.69 Å². The Balaban J connectivity index is 0.908. The average molecular weight is 588 g/mol. The van der Waals surface area contributed by atoms with Crippen molar-refractivity contribution in [2.45, 2.75) is 50.8 Å². The number of anilines is 1. The smallest absolute Gasteiger partial charge is 0.259 e. The molecule has 5 rings (SSSR count). The highest BCUT2D eigenvalue weighted by molar-refractivity contribution is 6.08. The normalized spacial score (nSPS) is 24.2. The molecule has 0 radical (unpaired) electrons. The van der Waals surface area contributed by atoms with Crippen LogP contribution in [0.25, 0.3) is 0 Å². The van der Waals surface area contributed by atoms with Crippen molar-refractivity contribution in [2.24, 2.45) is 5.41 Å². The van der Waals surface area contributed by atoms with Crippen molar-refractivity contribution in [3.63, 3.8) is 0 Å². The topological polar surface area (TPSA) is 142 Å². The van der Waals surface area contributed by atoms with Crippen molar-refractivity contribution in [3.05, 3.63) is 29.3 Å². The zero-order valence-electron chi connectivity index (χ0n) is 24.4. The number of ether oxygens (including phenoxy) is 3. The summed E-state index contributed by atoms with van der Waals surface area (Å²) < 4.78 is 17.0. The first-order valence-corrected chi connectivity index (χ1v) is 15.3. The lowest BCUT2D eigenvalue weighted by molar-refractivity contribution is -0.139. The van der Waals surface area contributed by atoms with Crippen LogP contribution in [0.5, 0.6) is 0 Å². The zero-order chi connectivity index (χ0) is 29.4. The van der Waals surface area contributed by atoms with Crippen molar-refractivity contribution in [1.29, 1.82) is 0 Å². The van der Waals surface area contributed by atoms with E-state index in [0.717, 1.165) is 18.1 Å². The van der Waals surface area contributed by atoms with Gasteiger partial charge in [-0.05, 0) is 69.8 Å². The summed E-state index contributed by atoms with van der Waals surface area (Å²) in [5.41, 5.74) is 1.93. The molecule has 42 heavy (non-hydrogen) atoms. The monoisotopic (exact) mass is 587 g/mol. The SMILES string of the molecule is O=C1CCC(N2C(=O)c3c(NCCOCCOCCOCCN4CCC5(CCNCC5)CC4)cccc3C2O)C(=O)N1. The van der Waals surface area contributed by atoms with Gasteiger partial charge in [0.2, 0.25) is 11.8 Å². The molecule has 232 valence electrons. The molecule has 2 atom stereocenters. The lowest BCUT2D eigenvalue weighted by Gasteiger charge is -2.44. The number of carbonyl (C=O) groups excluding carboxylic acids is 3. The molecule has 4 aliphatic heterocycles. The second-order valence-corrected chi connectivity index (χ2v) is 11.7. The van der Waals surface area contributed by atoms with Gasteiger partial charge in [-0.15, -0.1) is 0 Å². The second-order valence-electron chi connectivity index (χ2n) is 11.7. The predicted octanol–water partition coefficient (Wildman–Crippen LogP) is 0.866. The minimum absolute atomic E-state index is 0.125. The van der Waals surface area contributed by atoms with E-state index >= 15 is 0 Å².